The van der Waals surface area contributed by atoms with Gasteiger partial charge in [-0.3, -0.25) is 10.1 Å². The van der Waals surface area contributed by atoms with Crippen LogP contribution >= 0.6 is 11.3 Å². The van der Waals surface area contributed by atoms with Gasteiger partial charge in [0.25, 0.3) is 0 Å². The minimum Gasteiger partial charge on any atom is -0.493 e. The molecule has 0 atom stereocenters. The summed E-state index contributed by atoms with van der Waals surface area (Å²) in [5, 5.41) is 5.17. The molecule has 21 heavy (non-hydrogen) atoms. The lowest BCUT2D eigenvalue weighted by molar-refractivity contribution is -0.111. The van der Waals surface area contributed by atoms with E-state index in [9.17, 15) is 4.79 Å². The summed E-state index contributed by atoms with van der Waals surface area (Å²) in [6.07, 6.45) is 3.12. The summed E-state index contributed by atoms with van der Waals surface area (Å²) >= 11 is 1.39. The minimum absolute atomic E-state index is 0.241. The SMILES string of the molecule is COc1cccc(/C=C/C(=O)Nc2nc(C)cs2)c1OC. The lowest BCUT2D eigenvalue weighted by atomic mass is 10.1. The van der Waals surface area contributed by atoms with E-state index in [2.05, 4.69) is 10.3 Å². The molecule has 0 radical (unpaired) electrons. The second-order valence-electron chi connectivity index (χ2n) is 4.20. The number of thiazole rings is 1. The quantitative estimate of drug-likeness (QED) is 0.862. The Bertz CT molecular complexity index is 665. The number of methoxy groups -OCH3 is 2. The van der Waals surface area contributed by atoms with Crippen molar-refractivity contribution in [2.45, 2.75) is 6.92 Å². The summed E-state index contributed by atoms with van der Waals surface area (Å²) in [6, 6.07) is 5.48. The molecule has 0 fully saturated rings. The van der Waals surface area contributed by atoms with Gasteiger partial charge >= 0.3 is 0 Å². The Labute approximate surface area is 127 Å². The maximum absolute atomic E-state index is 11.8. The van der Waals surface area contributed by atoms with Gasteiger partial charge in [0.05, 0.1) is 19.9 Å². The first kappa shape index (κ1) is 15.1. The largest absolute Gasteiger partial charge is 0.493 e. The standard InChI is InChI=1S/C15H16N2O3S/c1-10-9-21-15(16-10)17-13(18)8-7-11-5-4-6-12(19-2)14(11)20-3/h4-9H,1-3H3,(H,16,17,18)/b8-7+. The lowest BCUT2D eigenvalue weighted by Crippen LogP contribution is -2.07. The number of ether oxygens (including phenoxy) is 2. The summed E-state index contributed by atoms with van der Waals surface area (Å²) in [7, 11) is 3.14. The molecule has 2 aromatic rings. The number of aryl methyl sites for hydroxylation is 1. The molecule has 1 aromatic heterocycles. The van der Waals surface area contributed by atoms with Gasteiger partial charge < -0.3 is 9.47 Å². The molecule has 110 valence electrons. The summed E-state index contributed by atoms with van der Waals surface area (Å²) < 4.78 is 10.5. The molecule has 1 aromatic carbocycles. The highest BCUT2D eigenvalue weighted by molar-refractivity contribution is 7.13. The number of benzene rings is 1. The van der Waals surface area contributed by atoms with Crippen LogP contribution < -0.4 is 14.8 Å². The van der Waals surface area contributed by atoms with Crippen molar-refractivity contribution in [2.75, 3.05) is 19.5 Å². The highest BCUT2D eigenvalue weighted by Gasteiger charge is 2.07. The average Bonchev–Trinajstić information content (AvgIpc) is 2.89. The second-order valence-corrected chi connectivity index (χ2v) is 5.06. The van der Waals surface area contributed by atoms with Gasteiger partial charge in [-0.2, -0.15) is 0 Å². The van der Waals surface area contributed by atoms with Crippen LogP contribution in [0.5, 0.6) is 11.5 Å². The zero-order chi connectivity index (χ0) is 15.2. The zero-order valence-corrected chi connectivity index (χ0v) is 12.9. The van der Waals surface area contributed by atoms with Gasteiger partial charge in [0.15, 0.2) is 16.6 Å². The summed E-state index contributed by atoms with van der Waals surface area (Å²) in [5.74, 6) is 0.971. The minimum atomic E-state index is -0.241. The molecule has 1 amide bonds. The van der Waals surface area contributed by atoms with Gasteiger partial charge in [0, 0.05) is 17.0 Å². The third-order valence-electron chi connectivity index (χ3n) is 2.70. The third kappa shape index (κ3) is 3.82. The molecule has 0 aliphatic carbocycles. The van der Waals surface area contributed by atoms with E-state index in [1.54, 1.807) is 26.4 Å². The Balaban J connectivity index is 2.12. The number of carbonyl (C=O) groups excluding carboxylic acids is 1. The Morgan fingerprint density at radius 1 is 1.33 bits per heavy atom. The Morgan fingerprint density at radius 2 is 2.14 bits per heavy atom. The summed E-state index contributed by atoms with van der Waals surface area (Å²) in [6.45, 7) is 1.88. The molecule has 2 rings (SSSR count). The van der Waals surface area contributed by atoms with Crippen molar-refractivity contribution in [1.82, 2.24) is 4.98 Å². The van der Waals surface area contributed by atoms with Gasteiger partial charge in [0.1, 0.15) is 0 Å². The Morgan fingerprint density at radius 3 is 2.76 bits per heavy atom. The number of anilines is 1. The molecule has 1 N–H and O–H groups in total. The lowest BCUT2D eigenvalue weighted by Gasteiger charge is -2.09. The molecular formula is C15H16N2O3S. The highest BCUT2D eigenvalue weighted by atomic mass is 32.1. The van der Waals surface area contributed by atoms with Crippen molar-refractivity contribution in [2.24, 2.45) is 0 Å². The molecule has 0 saturated heterocycles. The fourth-order valence-electron chi connectivity index (χ4n) is 1.77. The van der Waals surface area contributed by atoms with E-state index in [0.29, 0.717) is 16.6 Å². The van der Waals surface area contributed by atoms with Crippen molar-refractivity contribution < 1.29 is 14.3 Å². The molecule has 0 saturated carbocycles. The molecular weight excluding hydrogens is 288 g/mol. The summed E-state index contributed by atoms with van der Waals surface area (Å²) in [5.41, 5.74) is 1.65. The summed E-state index contributed by atoms with van der Waals surface area (Å²) in [4.78, 5) is 16.0. The number of aromatic nitrogens is 1. The van der Waals surface area contributed by atoms with Gasteiger partial charge in [-0.15, -0.1) is 11.3 Å². The molecule has 1 heterocycles. The maximum atomic E-state index is 11.8. The van der Waals surface area contributed by atoms with E-state index in [1.165, 1.54) is 17.4 Å². The normalized spacial score (nSPS) is 10.6. The van der Waals surface area contributed by atoms with Crippen LogP contribution in [0.1, 0.15) is 11.3 Å². The van der Waals surface area contributed by atoms with Crippen molar-refractivity contribution in [3.05, 3.63) is 40.9 Å². The van der Waals surface area contributed by atoms with Crippen LogP contribution in [0.3, 0.4) is 0 Å². The number of rotatable bonds is 5. The molecule has 0 spiro atoms. The van der Waals surface area contributed by atoms with Crippen molar-refractivity contribution in [1.29, 1.82) is 0 Å². The fraction of sp³-hybridized carbons (Fsp3) is 0.200. The zero-order valence-electron chi connectivity index (χ0n) is 12.0. The Hall–Kier alpha value is -2.34. The van der Waals surface area contributed by atoms with E-state index in [0.717, 1.165) is 11.3 Å². The number of nitrogens with one attached hydrogen (secondary N) is 1. The molecule has 0 aliphatic heterocycles. The average molecular weight is 304 g/mol. The van der Waals surface area contributed by atoms with E-state index < -0.39 is 0 Å². The maximum Gasteiger partial charge on any atom is 0.250 e. The van der Waals surface area contributed by atoms with Crippen LogP contribution in [0.25, 0.3) is 6.08 Å². The van der Waals surface area contributed by atoms with Crippen molar-refractivity contribution in [3.8, 4) is 11.5 Å². The fourth-order valence-corrected chi connectivity index (χ4v) is 2.46. The number of hydrogen-bond donors (Lipinski definition) is 1. The number of para-hydroxylation sites is 1. The second kappa shape index (κ2) is 6.90. The molecule has 6 heteroatoms. The first-order valence-corrected chi connectivity index (χ1v) is 7.14. The van der Waals surface area contributed by atoms with Crippen LogP contribution in [-0.2, 0) is 4.79 Å². The van der Waals surface area contributed by atoms with Crippen LogP contribution in [0, 0.1) is 6.92 Å². The monoisotopic (exact) mass is 304 g/mol. The number of nitrogens with zero attached hydrogens (tertiary/aromatic N) is 1. The molecule has 5 nitrogen and oxygen atoms in total. The first-order valence-electron chi connectivity index (χ1n) is 6.26. The van der Waals surface area contributed by atoms with Crippen molar-refractivity contribution >= 4 is 28.5 Å². The highest BCUT2D eigenvalue weighted by Crippen LogP contribution is 2.31. The van der Waals surface area contributed by atoms with E-state index in [-0.39, 0.29) is 5.91 Å². The first-order chi connectivity index (χ1) is 10.1. The van der Waals surface area contributed by atoms with Gasteiger partial charge in [-0.1, -0.05) is 12.1 Å². The van der Waals surface area contributed by atoms with E-state index in [1.807, 2.05) is 24.4 Å². The van der Waals surface area contributed by atoms with Crippen LogP contribution in [0.2, 0.25) is 0 Å². The van der Waals surface area contributed by atoms with E-state index >= 15 is 0 Å². The molecule has 0 bridgehead atoms. The van der Waals surface area contributed by atoms with Crippen molar-refractivity contribution in [3.63, 3.8) is 0 Å². The van der Waals surface area contributed by atoms with Gasteiger partial charge in [0.2, 0.25) is 5.91 Å². The number of hydrogen-bond acceptors (Lipinski definition) is 5. The van der Waals surface area contributed by atoms with Crippen LogP contribution in [0.15, 0.2) is 29.7 Å². The number of amides is 1. The van der Waals surface area contributed by atoms with Gasteiger partial charge in [-0.25, -0.2) is 4.98 Å². The smallest absolute Gasteiger partial charge is 0.250 e. The van der Waals surface area contributed by atoms with Gasteiger partial charge in [-0.05, 0) is 19.1 Å². The third-order valence-corrected chi connectivity index (χ3v) is 3.57. The predicted octanol–water partition coefficient (Wildman–Crippen LogP) is 3.12. The van der Waals surface area contributed by atoms with Crippen LogP contribution in [-0.4, -0.2) is 25.1 Å². The predicted molar refractivity (Wildman–Crippen MR) is 84.1 cm³/mol. The van der Waals surface area contributed by atoms with Crippen LogP contribution in [0.4, 0.5) is 5.13 Å². The topological polar surface area (TPSA) is 60.5 Å². The molecule has 0 aliphatic rings. The van der Waals surface area contributed by atoms with E-state index in [4.69, 9.17) is 9.47 Å². The molecule has 0 unspecified atom stereocenters. The number of carbonyl (C=O) groups is 1. The Kier molecular flexibility index (Phi) is 4.94.